The van der Waals surface area contributed by atoms with Gasteiger partial charge < -0.3 is 14.8 Å². The molecule has 3 aromatic rings. The number of aromatic nitrogens is 2. The van der Waals surface area contributed by atoms with Gasteiger partial charge in [-0.2, -0.15) is 5.10 Å². The standard InChI is InChI=1S/C19H18FN3O3/c1-25-16-6-7-17(18(9-16)26-2)19(24)22-15-10-21-23(12-15)11-13-4-3-5-14(20)8-13/h3-10,12H,11H2,1-2H3,(H,22,24). The second-order valence-electron chi connectivity index (χ2n) is 5.58. The molecule has 0 aliphatic heterocycles. The van der Waals surface area contributed by atoms with Crippen LogP contribution in [-0.4, -0.2) is 29.9 Å². The van der Waals surface area contributed by atoms with Crippen LogP contribution >= 0.6 is 0 Å². The fraction of sp³-hybridized carbons (Fsp3) is 0.158. The molecule has 3 rings (SSSR count). The molecule has 0 saturated carbocycles. The maximum atomic E-state index is 13.3. The first-order valence-corrected chi connectivity index (χ1v) is 7.89. The number of halogens is 1. The molecule has 0 spiro atoms. The van der Waals surface area contributed by atoms with Crippen LogP contribution in [-0.2, 0) is 6.54 Å². The minimum absolute atomic E-state index is 0.296. The zero-order valence-corrected chi connectivity index (χ0v) is 14.4. The van der Waals surface area contributed by atoms with Gasteiger partial charge in [-0.3, -0.25) is 9.48 Å². The molecule has 0 saturated heterocycles. The van der Waals surface area contributed by atoms with Gasteiger partial charge >= 0.3 is 0 Å². The fourth-order valence-corrected chi connectivity index (χ4v) is 2.52. The summed E-state index contributed by atoms with van der Waals surface area (Å²) in [7, 11) is 3.03. The average Bonchev–Trinajstić information content (AvgIpc) is 3.07. The molecule has 1 amide bonds. The van der Waals surface area contributed by atoms with Gasteiger partial charge in [0.2, 0.25) is 0 Å². The van der Waals surface area contributed by atoms with E-state index >= 15 is 0 Å². The van der Waals surface area contributed by atoms with Crippen LogP contribution < -0.4 is 14.8 Å². The molecule has 0 atom stereocenters. The van der Waals surface area contributed by atoms with E-state index in [1.54, 1.807) is 42.3 Å². The van der Waals surface area contributed by atoms with Crippen molar-refractivity contribution >= 4 is 11.6 Å². The Morgan fingerprint density at radius 3 is 2.77 bits per heavy atom. The highest BCUT2D eigenvalue weighted by molar-refractivity contribution is 6.06. The third-order valence-electron chi connectivity index (χ3n) is 3.78. The number of ether oxygens (including phenoxy) is 2. The largest absolute Gasteiger partial charge is 0.497 e. The number of hydrogen-bond acceptors (Lipinski definition) is 4. The summed E-state index contributed by atoms with van der Waals surface area (Å²) in [6.07, 6.45) is 3.21. The van der Waals surface area contributed by atoms with Crippen molar-refractivity contribution in [1.29, 1.82) is 0 Å². The highest BCUT2D eigenvalue weighted by atomic mass is 19.1. The Labute approximate surface area is 150 Å². The van der Waals surface area contributed by atoms with E-state index in [4.69, 9.17) is 9.47 Å². The monoisotopic (exact) mass is 355 g/mol. The molecule has 0 fully saturated rings. The van der Waals surface area contributed by atoms with Crippen LogP contribution in [0.15, 0.2) is 54.9 Å². The summed E-state index contributed by atoms with van der Waals surface area (Å²) in [5, 5.41) is 6.96. The van der Waals surface area contributed by atoms with Crippen molar-refractivity contribution in [1.82, 2.24) is 9.78 Å². The number of anilines is 1. The summed E-state index contributed by atoms with van der Waals surface area (Å²) < 4.78 is 25.2. The summed E-state index contributed by atoms with van der Waals surface area (Å²) in [6, 6.07) is 11.2. The van der Waals surface area contributed by atoms with Gasteiger partial charge in [0.25, 0.3) is 5.91 Å². The average molecular weight is 355 g/mol. The van der Waals surface area contributed by atoms with Gasteiger partial charge in [0.05, 0.1) is 38.2 Å². The number of nitrogens with one attached hydrogen (secondary N) is 1. The summed E-state index contributed by atoms with van der Waals surface area (Å²) in [6.45, 7) is 0.402. The molecule has 0 unspecified atom stereocenters. The van der Waals surface area contributed by atoms with Crippen molar-refractivity contribution in [3.05, 3.63) is 71.8 Å². The SMILES string of the molecule is COc1ccc(C(=O)Nc2cnn(Cc3cccc(F)c3)c2)c(OC)c1. The molecule has 134 valence electrons. The van der Waals surface area contributed by atoms with Gasteiger partial charge in [-0.05, 0) is 29.8 Å². The number of carbonyl (C=O) groups is 1. The quantitative estimate of drug-likeness (QED) is 0.736. The second-order valence-corrected chi connectivity index (χ2v) is 5.58. The van der Waals surface area contributed by atoms with Crippen molar-refractivity contribution in [2.45, 2.75) is 6.54 Å². The van der Waals surface area contributed by atoms with E-state index in [2.05, 4.69) is 10.4 Å². The number of nitrogens with zero attached hydrogens (tertiary/aromatic N) is 2. The van der Waals surface area contributed by atoms with Crippen molar-refractivity contribution in [3.8, 4) is 11.5 Å². The lowest BCUT2D eigenvalue weighted by Gasteiger charge is -2.10. The molecule has 0 aliphatic carbocycles. The molecule has 0 aliphatic rings. The second kappa shape index (κ2) is 7.69. The van der Waals surface area contributed by atoms with E-state index in [0.29, 0.717) is 29.3 Å². The number of rotatable bonds is 6. The van der Waals surface area contributed by atoms with Crippen LogP contribution in [0, 0.1) is 5.82 Å². The topological polar surface area (TPSA) is 65.4 Å². The molecule has 0 bridgehead atoms. The van der Waals surface area contributed by atoms with E-state index in [-0.39, 0.29) is 11.7 Å². The normalized spacial score (nSPS) is 10.4. The molecule has 6 nitrogen and oxygen atoms in total. The highest BCUT2D eigenvalue weighted by Gasteiger charge is 2.14. The summed E-state index contributed by atoms with van der Waals surface area (Å²) in [5.74, 6) is 0.389. The van der Waals surface area contributed by atoms with Crippen LogP contribution in [0.5, 0.6) is 11.5 Å². The fourth-order valence-electron chi connectivity index (χ4n) is 2.52. The Kier molecular flexibility index (Phi) is 5.17. The summed E-state index contributed by atoms with van der Waals surface area (Å²) in [4.78, 5) is 12.5. The van der Waals surface area contributed by atoms with Crippen LogP contribution in [0.2, 0.25) is 0 Å². The van der Waals surface area contributed by atoms with Gasteiger partial charge in [-0.1, -0.05) is 12.1 Å². The minimum atomic E-state index is -0.324. The molecule has 26 heavy (non-hydrogen) atoms. The Balaban J connectivity index is 1.72. The van der Waals surface area contributed by atoms with Gasteiger partial charge in [-0.15, -0.1) is 0 Å². The smallest absolute Gasteiger partial charge is 0.259 e. The lowest BCUT2D eigenvalue weighted by Crippen LogP contribution is -2.13. The van der Waals surface area contributed by atoms with Gasteiger partial charge in [0.15, 0.2) is 0 Å². The van der Waals surface area contributed by atoms with Crippen molar-refractivity contribution in [3.63, 3.8) is 0 Å². The van der Waals surface area contributed by atoms with Crippen LogP contribution in [0.3, 0.4) is 0 Å². The molecule has 1 aromatic heterocycles. The van der Waals surface area contributed by atoms with Crippen LogP contribution in [0.1, 0.15) is 15.9 Å². The lowest BCUT2D eigenvalue weighted by molar-refractivity contribution is 0.102. The number of benzene rings is 2. The number of carbonyl (C=O) groups excluding carboxylic acids is 1. The predicted octanol–water partition coefficient (Wildman–Crippen LogP) is 3.34. The molecule has 0 radical (unpaired) electrons. The number of hydrogen-bond donors (Lipinski definition) is 1. The zero-order valence-electron chi connectivity index (χ0n) is 14.4. The lowest BCUT2D eigenvalue weighted by atomic mass is 10.1. The van der Waals surface area contributed by atoms with E-state index in [9.17, 15) is 9.18 Å². The molecule has 1 N–H and O–H groups in total. The Hall–Kier alpha value is -3.35. The highest BCUT2D eigenvalue weighted by Crippen LogP contribution is 2.25. The molecule has 1 heterocycles. The summed E-state index contributed by atoms with van der Waals surface area (Å²) >= 11 is 0. The van der Waals surface area contributed by atoms with E-state index in [0.717, 1.165) is 5.56 Å². The minimum Gasteiger partial charge on any atom is -0.497 e. The molecule has 7 heteroatoms. The van der Waals surface area contributed by atoms with Gasteiger partial charge in [-0.25, -0.2) is 4.39 Å². The van der Waals surface area contributed by atoms with Crippen LogP contribution in [0.25, 0.3) is 0 Å². The van der Waals surface area contributed by atoms with E-state index < -0.39 is 0 Å². The third kappa shape index (κ3) is 4.00. The maximum Gasteiger partial charge on any atom is 0.259 e. The first-order valence-electron chi connectivity index (χ1n) is 7.89. The first kappa shape index (κ1) is 17.5. The van der Waals surface area contributed by atoms with Crippen molar-refractivity contribution in [2.75, 3.05) is 19.5 Å². The Morgan fingerprint density at radius 2 is 2.04 bits per heavy atom. The summed E-state index contributed by atoms with van der Waals surface area (Å²) in [5.41, 5.74) is 1.69. The Bertz CT molecular complexity index is 924. The van der Waals surface area contributed by atoms with Crippen molar-refractivity contribution < 1.29 is 18.7 Å². The molecular formula is C19H18FN3O3. The van der Waals surface area contributed by atoms with E-state index in [1.165, 1.54) is 25.4 Å². The molecule has 2 aromatic carbocycles. The maximum absolute atomic E-state index is 13.3. The van der Waals surface area contributed by atoms with E-state index in [1.807, 2.05) is 6.07 Å². The number of amides is 1. The van der Waals surface area contributed by atoms with Crippen LogP contribution in [0.4, 0.5) is 10.1 Å². The number of methoxy groups -OCH3 is 2. The van der Waals surface area contributed by atoms with Crippen molar-refractivity contribution in [2.24, 2.45) is 0 Å². The Morgan fingerprint density at radius 1 is 1.19 bits per heavy atom. The van der Waals surface area contributed by atoms with Gasteiger partial charge in [0, 0.05) is 12.3 Å². The third-order valence-corrected chi connectivity index (χ3v) is 3.78. The zero-order chi connectivity index (χ0) is 18.5. The molecular weight excluding hydrogens is 337 g/mol. The first-order chi connectivity index (χ1) is 12.6. The van der Waals surface area contributed by atoms with Gasteiger partial charge in [0.1, 0.15) is 17.3 Å². The predicted molar refractivity (Wildman–Crippen MR) is 95.2 cm³/mol.